The van der Waals surface area contributed by atoms with Crippen LogP contribution < -0.4 is 0 Å². The molecule has 0 saturated carbocycles. The van der Waals surface area contributed by atoms with E-state index in [1.54, 1.807) is 0 Å². The van der Waals surface area contributed by atoms with Crippen molar-refractivity contribution >= 4 is 43.8 Å². The summed E-state index contributed by atoms with van der Waals surface area (Å²) in [5.74, 6) is 2.50. The second kappa shape index (κ2) is 13.0. The third-order valence-corrected chi connectivity index (χ3v) is 10.4. The van der Waals surface area contributed by atoms with E-state index in [-0.39, 0.29) is 0 Å². The van der Waals surface area contributed by atoms with Crippen LogP contribution in [0.15, 0.2) is 191 Å². The predicted octanol–water partition coefficient (Wildman–Crippen LogP) is 13.1. The van der Waals surface area contributed by atoms with Crippen LogP contribution in [0.3, 0.4) is 0 Å². The molecule has 0 radical (unpaired) electrons. The average Bonchev–Trinajstić information content (AvgIpc) is 3.89. The van der Waals surface area contributed by atoms with E-state index in [0.717, 1.165) is 72.0 Å². The zero-order chi connectivity index (χ0) is 37.0. The fourth-order valence-electron chi connectivity index (χ4n) is 7.64. The van der Waals surface area contributed by atoms with Crippen molar-refractivity contribution in [1.82, 2.24) is 19.9 Å². The highest BCUT2D eigenvalue weighted by atomic mass is 16.4. The SMILES string of the molecule is c1ccc(-c2nc(-c3ccccc3)nc(-c3ccc(-c4ccc(-c5ccc6oc7c(ccc8oc(-c9ccccc9)nc87)c6c5)c5ccccc45)cc3)n2)cc1. The first kappa shape index (κ1) is 31.8. The Morgan fingerprint density at radius 1 is 0.304 bits per heavy atom. The van der Waals surface area contributed by atoms with E-state index in [2.05, 4.69) is 84.9 Å². The largest absolute Gasteiger partial charge is 0.454 e. The number of benzene rings is 8. The number of nitrogens with zero attached hydrogens (tertiary/aromatic N) is 4. The quantitative estimate of drug-likeness (QED) is 0.170. The first-order valence-corrected chi connectivity index (χ1v) is 18.5. The Labute approximate surface area is 321 Å². The van der Waals surface area contributed by atoms with Crippen LogP contribution in [0.25, 0.3) is 112 Å². The van der Waals surface area contributed by atoms with Crippen molar-refractivity contribution < 1.29 is 8.83 Å². The molecule has 0 amide bonds. The molecular weight excluding hydrogens is 689 g/mol. The first-order valence-electron chi connectivity index (χ1n) is 18.5. The molecule has 262 valence electrons. The second-order valence-electron chi connectivity index (χ2n) is 13.8. The lowest BCUT2D eigenvalue weighted by atomic mass is 9.91. The third-order valence-electron chi connectivity index (χ3n) is 10.4. The maximum atomic E-state index is 6.43. The smallest absolute Gasteiger partial charge is 0.227 e. The minimum absolute atomic E-state index is 0.579. The van der Waals surface area contributed by atoms with Gasteiger partial charge in [-0.25, -0.2) is 19.9 Å². The summed E-state index contributed by atoms with van der Waals surface area (Å²) in [5.41, 5.74) is 11.2. The summed E-state index contributed by atoms with van der Waals surface area (Å²) in [6.07, 6.45) is 0. The van der Waals surface area contributed by atoms with Gasteiger partial charge in [0.15, 0.2) is 34.2 Å². The van der Waals surface area contributed by atoms with Crippen LogP contribution in [0, 0.1) is 0 Å². The van der Waals surface area contributed by atoms with Gasteiger partial charge < -0.3 is 8.83 Å². The van der Waals surface area contributed by atoms with Gasteiger partial charge in [-0.2, -0.15) is 0 Å². The zero-order valence-electron chi connectivity index (χ0n) is 29.9. The highest BCUT2D eigenvalue weighted by Gasteiger charge is 2.18. The highest BCUT2D eigenvalue weighted by Crippen LogP contribution is 2.40. The van der Waals surface area contributed by atoms with Gasteiger partial charge in [0, 0.05) is 33.0 Å². The molecule has 8 aromatic carbocycles. The monoisotopic (exact) mass is 718 g/mol. The van der Waals surface area contributed by atoms with Gasteiger partial charge in [-0.3, -0.25) is 0 Å². The molecule has 0 aliphatic rings. The zero-order valence-corrected chi connectivity index (χ0v) is 29.9. The van der Waals surface area contributed by atoms with Gasteiger partial charge >= 0.3 is 0 Å². The van der Waals surface area contributed by atoms with E-state index in [9.17, 15) is 0 Å². The molecule has 0 spiro atoms. The van der Waals surface area contributed by atoms with Gasteiger partial charge in [-0.15, -0.1) is 0 Å². The summed E-state index contributed by atoms with van der Waals surface area (Å²) >= 11 is 0. The van der Waals surface area contributed by atoms with Crippen LogP contribution in [-0.4, -0.2) is 19.9 Å². The lowest BCUT2D eigenvalue weighted by Gasteiger charge is -2.13. The number of aromatic nitrogens is 4. The molecule has 6 heteroatoms. The molecular formula is C50H30N4O2. The van der Waals surface area contributed by atoms with Gasteiger partial charge in [-0.1, -0.05) is 146 Å². The third kappa shape index (κ3) is 5.43. The molecule has 3 heterocycles. The van der Waals surface area contributed by atoms with E-state index < -0.39 is 0 Å². The van der Waals surface area contributed by atoms with Crippen LogP contribution in [0.4, 0.5) is 0 Å². The Balaban J connectivity index is 0.968. The van der Waals surface area contributed by atoms with Crippen LogP contribution in [0.5, 0.6) is 0 Å². The normalized spacial score (nSPS) is 11.6. The summed E-state index contributed by atoms with van der Waals surface area (Å²) in [6, 6.07) is 62.1. The number of hydrogen-bond donors (Lipinski definition) is 0. The number of fused-ring (bicyclic) bond motifs is 6. The molecule has 11 aromatic rings. The molecule has 0 saturated heterocycles. The molecule has 6 nitrogen and oxygen atoms in total. The molecule has 0 unspecified atom stereocenters. The van der Waals surface area contributed by atoms with E-state index in [4.69, 9.17) is 28.8 Å². The van der Waals surface area contributed by atoms with Crippen LogP contribution >= 0.6 is 0 Å². The summed E-state index contributed by atoms with van der Waals surface area (Å²) in [7, 11) is 0. The van der Waals surface area contributed by atoms with E-state index in [1.807, 2.05) is 97.1 Å². The van der Waals surface area contributed by atoms with Crippen molar-refractivity contribution in [3.63, 3.8) is 0 Å². The van der Waals surface area contributed by atoms with Crippen molar-refractivity contribution in [2.24, 2.45) is 0 Å². The molecule has 0 atom stereocenters. The molecule has 0 aliphatic carbocycles. The fourth-order valence-corrected chi connectivity index (χ4v) is 7.64. The lowest BCUT2D eigenvalue weighted by Crippen LogP contribution is -2.00. The fraction of sp³-hybridized carbons (Fsp3) is 0. The Bertz CT molecular complexity index is 3170. The van der Waals surface area contributed by atoms with Crippen molar-refractivity contribution in [3.8, 4) is 67.9 Å². The van der Waals surface area contributed by atoms with Gasteiger partial charge in [0.2, 0.25) is 5.89 Å². The summed E-state index contributed by atoms with van der Waals surface area (Å²) in [5, 5.41) is 4.39. The molecule has 0 bridgehead atoms. The maximum absolute atomic E-state index is 6.43. The minimum Gasteiger partial charge on any atom is -0.454 e. The summed E-state index contributed by atoms with van der Waals surface area (Å²) in [4.78, 5) is 19.6. The molecule has 3 aromatic heterocycles. The maximum Gasteiger partial charge on any atom is 0.227 e. The lowest BCUT2D eigenvalue weighted by molar-refractivity contribution is 0.620. The topological polar surface area (TPSA) is 77.8 Å². The van der Waals surface area contributed by atoms with Crippen LogP contribution in [0.1, 0.15) is 0 Å². The van der Waals surface area contributed by atoms with E-state index in [1.165, 1.54) is 10.8 Å². The Morgan fingerprint density at radius 3 is 1.39 bits per heavy atom. The van der Waals surface area contributed by atoms with Crippen molar-refractivity contribution in [1.29, 1.82) is 0 Å². The molecule has 0 aliphatic heterocycles. The molecule has 0 fully saturated rings. The summed E-state index contributed by atoms with van der Waals surface area (Å²) < 4.78 is 12.6. The van der Waals surface area contributed by atoms with E-state index in [0.29, 0.717) is 28.9 Å². The standard InChI is InChI=1S/C50H30N4O2/c1-4-12-32(13-5-1)47-52-48(33-14-6-2-7-15-33)54-49(53-47)34-22-20-31(21-23-34)37-25-26-38(40-19-11-10-18-39(37)40)36-24-28-43-42(30-36)41-27-29-44-45(46(41)55-43)51-50(56-44)35-16-8-3-9-17-35/h1-30H. The molecule has 56 heavy (non-hydrogen) atoms. The number of furan rings is 1. The first-order chi connectivity index (χ1) is 27.7. The van der Waals surface area contributed by atoms with Crippen molar-refractivity contribution in [2.45, 2.75) is 0 Å². The van der Waals surface area contributed by atoms with Crippen molar-refractivity contribution in [2.75, 3.05) is 0 Å². The highest BCUT2D eigenvalue weighted by molar-refractivity contribution is 6.15. The predicted molar refractivity (Wildman–Crippen MR) is 225 cm³/mol. The Hall–Kier alpha value is -7.70. The van der Waals surface area contributed by atoms with Gasteiger partial charge in [0.05, 0.1) is 0 Å². The van der Waals surface area contributed by atoms with Crippen molar-refractivity contribution in [3.05, 3.63) is 182 Å². The number of hydrogen-bond acceptors (Lipinski definition) is 6. The Morgan fingerprint density at radius 2 is 0.786 bits per heavy atom. The number of rotatable bonds is 6. The minimum atomic E-state index is 0.579. The van der Waals surface area contributed by atoms with Crippen LogP contribution in [-0.2, 0) is 0 Å². The van der Waals surface area contributed by atoms with Gasteiger partial charge in [-0.05, 0) is 69.4 Å². The Kier molecular flexibility index (Phi) is 7.38. The average molecular weight is 719 g/mol. The van der Waals surface area contributed by atoms with E-state index >= 15 is 0 Å². The molecule has 0 N–H and O–H groups in total. The summed E-state index contributed by atoms with van der Waals surface area (Å²) in [6.45, 7) is 0. The second-order valence-corrected chi connectivity index (χ2v) is 13.8. The number of oxazole rings is 1. The van der Waals surface area contributed by atoms with Gasteiger partial charge in [0.25, 0.3) is 0 Å². The van der Waals surface area contributed by atoms with Crippen LogP contribution in [0.2, 0.25) is 0 Å². The van der Waals surface area contributed by atoms with Gasteiger partial charge in [0.1, 0.15) is 5.58 Å². The molecule has 11 rings (SSSR count).